The summed E-state index contributed by atoms with van der Waals surface area (Å²) in [5, 5.41) is 0. The lowest BCUT2D eigenvalue weighted by Gasteiger charge is -2.08. The summed E-state index contributed by atoms with van der Waals surface area (Å²) in [7, 11) is 0. The van der Waals surface area contributed by atoms with Crippen LogP contribution in [0.25, 0.3) is 11.0 Å². The van der Waals surface area contributed by atoms with Crippen molar-refractivity contribution in [2.24, 2.45) is 0 Å². The third-order valence-electron chi connectivity index (χ3n) is 3.33. The van der Waals surface area contributed by atoms with Crippen molar-refractivity contribution >= 4 is 22.6 Å². The molecule has 0 fully saturated rings. The number of alkyl halides is 1. The van der Waals surface area contributed by atoms with Crippen LogP contribution >= 0.6 is 11.6 Å². The summed E-state index contributed by atoms with van der Waals surface area (Å²) in [5.74, 6) is 0.912. The molecule has 0 aliphatic heterocycles. The van der Waals surface area contributed by atoms with Gasteiger partial charge in [-0.3, -0.25) is 0 Å². The van der Waals surface area contributed by atoms with E-state index in [1.54, 1.807) is 6.07 Å². The SMILES string of the molecule is Cc1ccc2c(c1)nc(CCl)n2Cc1cccc(F)c1. The van der Waals surface area contributed by atoms with Crippen molar-refractivity contribution in [3.8, 4) is 0 Å². The number of imidazole rings is 1. The lowest BCUT2D eigenvalue weighted by molar-refractivity contribution is 0.623. The van der Waals surface area contributed by atoms with Crippen molar-refractivity contribution in [2.75, 3.05) is 0 Å². The molecule has 1 aromatic heterocycles. The van der Waals surface area contributed by atoms with Crippen molar-refractivity contribution in [3.05, 3.63) is 65.2 Å². The zero-order valence-electron chi connectivity index (χ0n) is 11.1. The number of benzene rings is 2. The highest BCUT2D eigenvalue weighted by atomic mass is 35.5. The number of fused-ring (bicyclic) bond motifs is 1. The molecule has 0 N–H and O–H groups in total. The number of hydrogen-bond acceptors (Lipinski definition) is 1. The van der Waals surface area contributed by atoms with Gasteiger partial charge in [-0.2, -0.15) is 0 Å². The molecule has 102 valence electrons. The van der Waals surface area contributed by atoms with Gasteiger partial charge in [-0.1, -0.05) is 18.2 Å². The van der Waals surface area contributed by atoms with Crippen LogP contribution in [0.4, 0.5) is 4.39 Å². The summed E-state index contributed by atoms with van der Waals surface area (Å²) >= 11 is 5.98. The Bertz CT molecular complexity index is 764. The van der Waals surface area contributed by atoms with Gasteiger partial charge in [0.15, 0.2) is 0 Å². The third-order valence-corrected chi connectivity index (χ3v) is 3.57. The second-order valence-electron chi connectivity index (χ2n) is 4.87. The molecule has 0 unspecified atom stereocenters. The minimum atomic E-state index is -0.227. The number of halogens is 2. The largest absolute Gasteiger partial charge is 0.322 e. The summed E-state index contributed by atoms with van der Waals surface area (Å²) in [6.07, 6.45) is 0. The molecule has 0 saturated carbocycles. The Labute approximate surface area is 121 Å². The van der Waals surface area contributed by atoms with Gasteiger partial charge in [0, 0.05) is 6.54 Å². The summed E-state index contributed by atoms with van der Waals surface area (Å²) in [6, 6.07) is 12.7. The summed E-state index contributed by atoms with van der Waals surface area (Å²) in [5.41, 5.74) is 4.01. The average Bonchev–Trinajstić information content (AvgIpc) is 2.76. The maximum absolute atomic E-state index is 13.3. The molecule has 20 heavy (non-hydrogen) atoms. The highest BCUT2D eigenvalue weighted by Crippen LogP contribution is 2.20. The van der Waals surface area contributed by atoms with Gasteiger partial charge in [0.05, 0.1) is 16.9 Å². The van der Waals surface area contributed by atoms with Gasteiger partial charge in [-0.25, -0.2) is 9.37 Å². The average molecular weight is 289 g/mol. The van der Waals surface area contributed by atoms with Crippen molar-refractivity contribution in [2.45, 2.75) is 19.3 Å². The predicted octanol–water partition coefficient (Wildman–Crippen LogP) is 4.27. The lowest BCUT2D eigenvalue weighted by Crippen LogP contribution is -2.04. The zero-order chi connectivity index (χ0) is 14.1. The highest BCUT2D eigenvalue weighted by Gasteiger charge is 2.10. The first-order valence-electron chi connectivity index (χ1n) is 6.43. The molecule has 0 aliphatic carbocycles. The summed E-state index contributed by atoms with van der Waals surface area (Å²) in [4.78, 5) is 4.55. The Balaban J connectivity index is 2.10. The minimum absolute atomic E-state index is 0.227. The van der Waals surface area contributed by atoms with Crippen LogP contribution in [0.5, 0.6) is 0 Å². The Hall–Kier alpha value is -1.87. The van der Waals surface area contributed by atoms with Gasteiger partial charge < -0.3 is 4.57 Å². The molecule has 0 bridgehead atoms. The molecule has 0 radical (unpaired) electrons. The molecule has 0 aliphatic rings. The lowest BCUT2D eigenvalue weighted by atomic mass is 10.2. The van der Waals surface area contributed by atoms with Crippen LogP contribution in [0.1, 0.15) is 17.0 Å². The first kappa shape index (κ1) is 13.1. The maximum atomic E-state index is 13.3. The van der Waals surface area contributed by atoms with Gasteiger partial charge in [-0.05, 0) is 42.3 Å². The fourth-order valence-electron chi connectivity index (χ4n) is 2.39. The number of nitrogens with zero attached hydrogens (tertiary/aromatic N) is 2. The normalized spacial score (nSPS) is 11.2. The van der Waals surface area contributed by atoms with Crippen molar-refractivity contribution in [1.82, 2.24) is 9.55 Å². The number of hydrogen-bond donors (Lipinski definition) is 0. The van der Waals surface area contributed by atoms with E-state index in [0.717, 1.165) is 28.0 Å². The molecular formula is C16H14ClFN2. The Morgan fingerprint density at radius 2 is 2.05 bits per heavy atom. The van der Waals surface area contributed by atoms with Crippen LogP contribution in [0.2, 0.25) is 0 Å². The molecule has 3 rings (SSSR count). The van der Waals surface area contributed by atoms with E-state index < -0.39 is 0 Å². The van der Waals surface area contributed by atoms with E-state index in [2.05, 4.69) is 4.98 Å². The van der Waals surface area contributed by atoms with Gasteiger partial charge in [0.25, 0.3) is 0 Å². The van der Waals surface area contributed by atoms with E-state index >= 15 is 0 Å². The molecule has 0 saturated heterocycles. The Kier molecular flexibility index (Phi) is 3.45. The van der Waals surface area contributed by atoms with E-state index in [-0.39, 0.29) is 5.82 Å². The van der Waals surface area contributed by atoms with E-state index in [9.17, 15) is 4.39 Å². The fraction of sp³-hybridized carbons (Fsp3) is 0.188. The van der Waals surface area contributed by atoms with Crippen LogP contribution in [-0.4, -0.2) is 9.55 Å². The second-order valence-corrected chi connectivity index (χ2v) is 5.14. The minimum Gasteiger partial charge on any atom is -0.322 e. The van der Waals surface area contributed by atoms with Crippen LogP contribution in [0, 0.1) is 12.7 Å². The first-order chi connectivity index (χ1) is 9.67. The van der Waals surface area contributed by atoms with Gasteiger partial charge in [0.2, 0.25) is 0 Å². The smallest absolute Gasteiger partial charge is 0.125 e. The van der Waals surface area contributed by atoms with Crippen molar-refractivity contribution < 1.29 is 4.39 Å². The molecule has 0 amide bonds. The molecule has 4 heteroatoms. The van der Waals surface area contributed by atoms with E-state index in [4.69, 9.17) is 11.6 Å². The zero-order valence-corrected chi connectivity index (χ0v) is 11.9. The van der Waals surface area contributed by atoms with Crippen molar-refractivity contribution in [3.63, 3.8) is 0 Å². The fourth-order valence-corrected chi connectivity index (χ4v) is 2.59. The topological polar surface area (TPSA) is 17.8 Å². The van der Waals surface area contributed by atoms with Crippen LogP contribution in [-0.2, 0) is 12.4 Å². The summed E-state index contributed by atoms with van der Waals surface area (Å²) < 4.78 is 15.3. The number of rotatable bonds is 3. The molecule has 1 heterocycles. The van der Waals surface area contributed by atoms with Gasteiger partial charge >= 0.3 is 0 Å². The van der Waals surface area contributed by atoms with Crippen molar-refractivity contribution in [1.29, 1.82) is 0 Å². The standard InChI is InChI=1S/C16H14ClFN2/c1-11-5-6-15-14(7-11)19-16(9-17)20(15)10-12-3-2-4-13(18)8-12/h2-8H,9-10H2,1H3. The van der Waals surface area contributed by atoms with E-state index in [0.29, 0.717) is 12.4 Å². The van der Waals surface area contributed by atoms with E-state index in [1.165, 1.54) is 12.1 Å². The van der Waals surface area contributed by atoms with Crippen LogP contribution < -0.4 is 0 Å². The molecule has 2 nitrogen and oxygen atoms in total. The van der Waals surface area contributed by atoms with Gasteiger partial charge in [0.1, 0.15) is 11.6 Å². The second kappa shape index (κ2) is 5.25. The van der Waals surface area contributed by atoms with Gasteiger partial charge in [-0.15, -0.1) is 11.6 Å². The maximum Gasteiger partial charge on any atom is 0.125 e. The molecule has 3 aromatic rings. The predicted molar refractivity (Wildman–Crippen MR) is 79.5 cm³/mol. The van der Waals surface area contributed by atoms with Crippen LogP contribution in [0.15, 0.2) is 42.5 Å². The molecular weight excluding hydrogens is 275 g/mol. The first-order valence-corrected chi connectivity index (χ1v) is 6.97. The highest BCUT2D eigenvalue weighted by molar-refractivity contribution is 6.16. The molecule has 2 aromatic carbocycles. The number of aryl methyl sites for hydroxylation is 1. The monoisotopic (exact) mass is 288 g/mol. The third kappa shape index (κ3) is 2.41. The summed E-state index contributed by atoms with van der Waals surface area (Å²) in [6.45, 7) is 2.60. The quantitative estimate of drug-likeness (QED) is 0.658. The molecule has 0 spiro atoms. The Morgan fingerprint density at radius 1 is 1.20 bits per heavy atom. The number of aromatic nitrogens is 2. The van der Waals surface area contributed by atoms with Crippen LogP contribution in [0.3, 0.4) is 0 Å². The molecule has 0 atom stereocenters. The Morgan fingerprint density at radius 3 is 2.80 bits per heavy atom. The van der Waals surface area contributed by atoms with E-state index in [1.807, 2.05) is 35.8 Å².